The van der Waals surface area contributed by atoms with E-state index in [0.29, 0.717) is 5.69 Å². The van der Waals surface area contributed by atoms with Gasteiger partial charge in [-0.2, -0.15) is 0 Å². The molecule has 0 bridgehead atoms. The molecule has 0 saturated carbocycles. The van der Waals surface area contributed by atoms with Crippen LogP contribution in [0.5, 0.6) is 0 Å². The van der Waals surface area contributed by atoms with Crippen LogP contribution in [0.25, 0.3) is 10.9 Å². The van der Waals surface area contributed by atoms with Crippen molar-refractivity contribution in [1.29, 1.82) is 0 Å². The minimum atomic E-state index is -1.31. The molecule has 1 N–H and O–H groups in total. The van der Waals surface area contributed by atoms with E-state index in [1.807, 2.05) is 66.7 Å². The molecule has 0 amide bonds. The third kappa shape index (κ3) is 2.92. The summed E-state index contributed by atoms with van der Waals surface area (Å²) in [5.41, 5.74) is 5.25. The Morgan fingerprint density at radius 3 is 2.07 bits per heavy atom. The Bertz CT molecular complexity index is 1090. The fourth-order valence-electron chi connectivity index (χ4n) is 4.12. The second kappa shape index (κ2) is 6.64. The van der Waals surface area contributed by atoms with Crippen LogP contribution >= 0.6 is 0 Å². The zero-order valence-corrected chi connectivity index (χ0v) is 15.9. The highest BCUT2D eigenvalue weighted by Crippen LogP contribution is 2.40. The van der Waals surface area contributed by atoms with E-state index in [1.165, 1.54) is 5.56 Å². The molecule has 1 heterocycles. The van der Waals surface area contributed by atoms with Gasteiger partial charge in [0.05, 0.1) is 11.2 Å². The highest BCUT2D eigenvalue weighted by molar-refractivity contribution is 5.78. The van der Waals surface area contributed by atoms with Crippen molar-refractivity contribution in [3.8, 4) is 0 Å². The van der Waals surface area contributed by atoms with Crippen LogP contribution in [0, 0.1) is 20.8 Å². The molecule has 0 aliphatic heterocycles. The number of rotatable bonds is 3. The van der Waals surface area contributed by atoms with E-state index < -0.39 is 5.60 Å². The highest BCUT2D eigenvalue weighted by Gasteiger charge is 2.37. The second-order valence-corrected chi connectivity index (χ2v) is 7.24. The summed E-state index contributed by atoms with van der Waals surface area (Å²) in [4.78, 5) is 4.85. The van der Waals surface area contributed by atoms with E-state index in [9.17, 15) is 5.11 Å². The zero-order valence-electron chi connectivity index (χ0n) is 15.9. The molecule has 4 rings (SSSR count). The van der Waals surface area contributed by atoms with E-state index in [2.05, 4.69) is 32.9 Å². The van der Waals surface area contributed by atoms with Crippen LogP contribution in [-0.2, 0) is 5.60 Å². The Labute approximate surface area is 160 Å². The van der Waals surface area contributed by atoms with Crippen molar-refractivity contribution in [3.05, 3.63) is 112 Å². The maximum Gasteiger partial charge on any atom is 0.157 e. The Balaban J connectivity index is 2.05. The normalized spacial score (nSPS) is 13.5. The standard InChI is InChI=1S/C25H23NO/c1-17-15-18(2)24(19(3)16-17)25(27,21-10-5-4-6-11-21)23-14-13-20-9-7-8-12-22(20)26-23/h4-16,27H,1-3H3. The third-order valence-electron chi connectivity index (χ3n) is 5.20. The van der Waals surface area contributed by atoms with E-state index in [4.69, 9.17) is 4.98 Å². The van der Waals surface area contributed by atoms with Crippen molar-refractivity contribution < 1.29 is 5.11 Å². The van der Waals surface area contributed by atoms with Crippen molar-refractivity contribution in [1.82, 2.24) is 4.98 Å². The molecular weight excluding hydrogens is 330 g/mol. The van der Waals surface area contributed by atoms with E-state index in [0.717, 1.165) is 33.2 Å². The van der Waals surface area contributed by atoms with E-state index in [1.54, 1.807) is 0 Å². The molecule has 1 atom stereocenters. The number of nitrogens with zero attached hydrogens (tertiary/aromatic N) is 1. The summed E-state index contributed by atoms with van der Waals surface area (Å²) < 4.78 is 0. The number of fused-ring (bicyclic) bond motifs is 1. The first kappa shape index (κ1) is 17.4. The van der Waals surface area contributed by atoms with E-state index >= 15 is 0 Å². The summed E-state index contributed by atoms with van der Waals surface area (Å²) in [6.45, 7) is 6.20. The fourth-order valence-corrected chi connectivity index (χ4v) is 4.12. The summed E-state index contributed by atoms with van der Waals surface area (Å²) in [5.74, 6) is 0. The van der Waals surface area contributed by atoms with Crippen LogP contribution in [0.15, 0.2) is 78.9 Å². The summed E-state index contributed by atoms with van der Waals surface area (Å²) in [6, 6.07) is 26.0. The van der Waals surface area contributed by atoms with Crippen molar-refractivity contribution in [2.45, 2.75) is 26.4 Å². The largest absolute Gasteiger partial charge is 0.374 e. The number of hydrogen-bond acceptors (Lipinski definition) is 2. The van der Waals surface area contributed by atoms with Gasteiger partial charge < -0.3 is 5.11 Å². The summed E-state index contributed by atoms with van der Waals surface area (Å²) in [5, 5.41) is 13.2. The predicted octanol–water partition coefficient (Wildman–Crippen LogP) is 5.44. The van der Waals surface area contributed by atoms with Crippen LogP contribution in [0.3, 0.4) is 0 Å². The van der Waals surface area contributed by atoms with Crippen LogP contribution in [0.1, 0.15) is 33.5 Å². The predicted molar refractivity (Wildman–Crippen MR) is 111 cm³/mol. The maximum absolute atomic E-state index is 12.2. The molecule has 2 nitrogen and oxygen atoms in total. The van der Waals surface area contributed by atoms with Crippen molar-refractivity contribution >= 4 is 10.9 Å². The van der Waals surface area contributed by atoms with Gasteiger partial charge in [-0.3, -0.25) is 0 Å². The number of para-hydroxylation sites is 1. The Morgan fingerprint density at radius 2 is 1.37 bits per heavy atom. The number of pyridine rings is 1. The van der Waals surface area contributed by atoms with E-state index in [-0.39, 0.29) is 0 Å². The third-order valence-corrected chi connectivity index (χ3v) is 5.20. The molecule has 0 fully saturated rings. The van der Waals surface area contributed by atoms with Crippen LogP contribution in [-0.4, -0.2) is 10.1 Å². The van der Waals surface area contributed by atoms with Gasteiger partial charge in [-0.05, 0) is 55.2 Å². The summed E-state index contributed by atoms with van der Waals surface area (Å²) in [6.07, 6.45) is 0. The molecule has 0 aliphatic rings. The van der Waals surface area contributed by atoms with Crippen LogP contribution in [0.4, 0.5) is 0 Å². The molecule has 2 heteroatoms. The first-order valence-electron chi connectivity index (χ1n) is 9.22. The van der Waals surface area contributed by atoms with Gasteiger partial charge in [0, 0.05) is 5.39 Å². The van der Waals surface area contributed by atoms with Crippen LogP contribution < -0.4 is 0 Å². The number of aromatic nitrogens is 1. The molecule has 0 saturated heterocycles. The number of aliphatic hydroxyl groups is 1. The Kier molecular flexibility index (Phi) is 4.29. The van der Waals surface area contributed by atoms with Gasteiger partial charge in [0.2, 0.25) is 0 Å². The van der Waals surface area contributed by atoms with Crippen LogP contribution in [0.2, 0.25) is 0 Å². The molecule has 0 radical (unpaired) electrons. The smallest absolute Gasteiger partial charge is 0.157 e. The molecule has 1 aromatic heterocycles. The van der Waals surface area contributed by atoms with Gasteiger partial charge in [0.15, 0.2) is 5.60 Å². The van der Waals surface area contributed by atoms with Gasteiger partial charge in [-0.25, -0.2) is 4.98 Å². The number of benzene rings is 3. The lowest BCUT2D eigenvalue weighted by Crippen LogP contribution is -2.32. The first-order chi connectivity index (χ1) is 13.0. The maximum atomic E-state index is 12.2. The quantitative estimate of drug-likeness (QED) is 0.532. The number of aryl methyl sites for hydroxylation is 3. The average Bonchev–Trinajstić information content (AvgIpc) is 2.67. The summed E-state index contributed by atoms with van der Waals surface area (Å²) in [7, 11) is 0. The molecule has 134 valence electrons. The van der Waals surface area contributed by atoms with Crippen molar-refractivity contribution in [2.24, 2.45) is 0 Å². The highest BCUT2D eigenvalue weighted by atomic mass is 16.3. The number of hydrogen-bond donors (Lipinski definition) is 1. The lowest BCUT2D eigenvalue weighted by molar-refractivity contribution is 0.120. The molecule has 4 aromatic rings. The minimum Gasteiger partial charge on any atom is -0.374 e. The average molecular weight is 353 g/mol. The van der Waals surface area contributed by atoms with Crippen molar-refractivity contribution in [2.75, 3.05) is 0 Å². The molecule has 27 heavy (non-hydrogen) atoms. The molecule has 0 aliphatic carbocycles. The van der Waals surface area contributed by atoms with Gasteiger partial charge in [-0.1, -0.05) is 72.3 Å². The lowest BCUT2D eigenvalue weighted by atomic mass is 9.78. The van der Waals surface area contributed by atoms with Crippen molar-refractivity contribution in [3.63, 3.8) is 0 Å². The van der Waals surface area contributed by atoms with Gasteiger partial charge >= 0.3 is 0 Å². The topological polar surface area (TPSA) is 33.1 Å². The minimum absolute atomic E-state index is 0.641. The summed E-state index contributed by atoms with van der Waals surface area (Å²) >= 11 is 0. The fraction of sp³-hybridized carbons (Fsp3) is 0.160. The lowest BCUT2D eigenvalue weighted by Gasteiger charge is -2.32. The molecular formula is C25H23NO. The zero-order chi connectivity index (χ0) is 19.0. The SMILES string of the molecule is Cc1cc(C)c(C(O)(c2ccccc2)c2ccc3ccccc3n2)c(C)c1. The van der Waals surface area contributed by atoms with Gasteiger partial charge in [0.1, 0.15) is 0 Å². The Hall–Kier alpha value is -2.97. The first-order valence-corrected chi connectivity index (χ1v) is 9.22. The van der Waals surface area contributed by atoms with Gasteiger partial charge in [-0.15, -0.1) is 0 Å². The molecule has 0 spiro atoms. The second-order valence-electron chi connectivity index (χ2n) is 7.24. The monoisotopic (exact) mass is 353 g/mol. The Morgan fingerprint density at radius 1 is 0.741 bits per heavy atom. The van der Waals surface area contributed by atoms with Gasteiger partial charge in [0.25, 0.3) is 0 Å². The molecule has 1 unspecified atom stereocenters. The molecule has 3 aromatic carbocycles.